The van der Waals surface area contributed by atoms with Crippen LogP contribution in [0.4, 0.5) is 0 Å². The summed E-state index contributed by atoms with van der Waals surface area (Å²) in [4.78, 5) is 3.83. The first-order valence-corrected chi connectivity index (χ1v) is 6.11. The molecule has 1 aliphatic rings. The summed E-state index contributed by atoms with van der Waals surface area (Å²) >= 11 is 1.84. The summed E-state index contributed by atoms with van der Waals surface area (Å²) in [5.74, 6) is 0. The van der Waals surface area contributed by atoms with Gasteiger partial charge < -0.3 is 10.2 Å². The Morgan fingerprint density at radius 1 is 1.64 bits per heavy atom. The van der Waals surface area contributed by atoms with Crippen molar-refractivity contribution in [2.75, 3.05) is 20.1 Å². The zero-order valence-corrected chi connectivity index (χ0v) is 9.68. The van der Waals surface area contributed by atoms with Crippen LogP contribution in [0.25, 0.3) is 0 Å². The van der Waals surface area contributed by atoms with E-state index in [1.54, 1.807) is 0 Å². The van der Waals surface area contributed by atoms with Crippen molar-refractivity contribution in [2.45, 2.75) is 25.4 Å². The lowest BCUT2D eigenvalue weighted by molar-refractivity contribution is 0.388. The summed E-state index contributed by atoms with van der Waals surface area (Å²) in [6, 6.07) is 5.52. The van der Waals surface area contributed by atoms with E-state index in [9.17, 15) is 0 Å². The van der Waals surface area contributed by atoms with Crippen LogP contribution in [0.5, 0.6) is 0 Å². The molecule has 1 aromatic rings. The molecule has 2 nitrogen and oxygen atoms in total. The van der Waals surface area contributed by atoms with E-state index in [4.69, 9.17) is 0 Å². The number of hydrogen-bond acceptors (Lipinski definition) is 3. The Morgan fingerprint density at radius 3 is 3.07 bits per heavy atom. The number of rotatable bonds is 3. The molecule has 2 atom stereocenters. The molecule has 0 bridgehead atoms. The maximum absolute atomic E-state index is 3.68. The second kappa shape index (κ2) is 4.43. The summed E-state index contributed by atoms with van der Waals surface area (Å²) in [6.45, 7) is 4.68. The molecular formula is C11H18N2S. The number of thiophene rings is 1. The Balaban J connectivity index is 1.86. The molecule has 2 heterocycles. The van der Waals surface area contributed by atoms with Crippen molar-refractivity contribution < 1.29 is 0 Å². The molecular weight excluding hydrogens is 192 g/mol. The van der Waals surface area contributed by atoms with Crippen LogP contribution in [0.15, 0.2) is 17.5 Å². The normalized spacial score (nSPS) is 25.4. The highest BCUT2D eigenvalue weighted by atomic mass is 32.1. The third-order valence-corrected chi connectivity index (χ3v) is 3.90. The largest absolute Gasteiger partial charge is 0.305 e. The Morgan fingerprint density at radius 2 is 2.50 bits per heavy atom. The second-order valence-corrected chi connectivity index (χ2v) is 5.13. The highest BCUT2D eigenvalue weighted by Gasteiger charge is 2.21. The predicted octanol–water partition coefficient (Wildman–Crippen LogP) is 2.10. The van der Waals surface area contributed by atoms with Gasteiger partial charge in [-0.3, -0.25) is 0 Å². The molecule has 3 heteroatoms. The lowest BCUT2D eigenvalue weighted by Crippen LogP contribution is -2.33. The SMILES string of the molecule is C[C@@H](NC1CCN(C)C1)c1cccs1. The first kappa shape index (κ1) is 10.1. The standard InChI is InChI=1S/C11H18N2S/c1-9(11-4-3-7-14-11)12-10-5-6-13(2)8-10/h3-4,7,9-10,12H,5-6,8H2,1-2H3/t9-,10?/m1/s1. The quantitative estimate of drug-likeness (QED) is 0.822. The van der Waals surface area contributed by atoms with E-state index in [1.165, 1.54) is 24.4 Å². The molecule has 2 rings (SSSR count). The number of nitrogens with one attached hydrogen (secondary N) is 1. The van der Waals surface area contributed by atoms with Crippen LogP contribution in [0.2, 0.25) is 0 Å². The number of likely N-dealkylation sites (N-methyl/N-ethyl adjacent to an activating group) is 1. The van der Waals surface area contributed by atoms with Crippen LogP contribution in [0.3, 0.4) is 0 Å². The van der Waals surface area contributed by atoms with Crippen LogP contribution in [0, 0.1) is 0 Å². The molecule has 0 spiro atoms. The molecule has 0 aliphatic carbocycles. The third kappa shape index (κ3) is 2.35. The summed E-state index contributed by atoms with van der Waals surface area (Å²) in [7, 11) is 2.19. The highest BCUT2D eigenvalue weighted by Crippen LogP contribution is 2.20. The van der Waals surface area contributed by atoms with E-state index < -0.39 is 0 Å². The molecule has 0 radical (unpaired) electrons. The van der Waals surface area contributed by atoms with Crippen molar-refractivity contribution in [3.05, 3.63) is 22.4 Å². The Bertz CT molecular complexity index is 271. The average Bonchev–Trinajstić information content (AvgIpc) is 2.75. The van der Waals surface area contributed by atoms with Crippen LogP contribution < -0.4 is 5.32 Å². The molecule has 78 valence electrons. The Kier molecular flexibility index (Phi) is 3.21. The molecule has 0 saturated carbocycles. The van der Waals surface area contributed by atoms with Gasteiger partial charge >= 0.3 is 0 Å². The van der Waals surface area contributed by atoms with Gasteiger partial charge in [-0.05, 0) is 38.4 Å². The molecule has 1 N–H and O–H groups in total. The zero-order valence-electron chi connectivity index (χ0n) is 8.86. The second-order valence-electron chi connectivity index (χ2n) is 4.15. The zero-order chi connectivity index (χ0) is 9.97. The average molecular weight is 210 g/mol. The van der Waals surface area contributed by atoms with Crippen molar-refractivity contribution >= 4 is 11.3 Å². The fourth-order valence-corrected chi connectivity index (χ4v) is 2.79. The summed E-state index contributed by atoms with van der Waals surface area (Å²) in [5, 5.41) is 5.83. The highest BCUT2D eigenvalue weighted by molar-refractivity contribution is 7.10. The van der Waals surface area contributed by atoms with E-state index in [-0.39, 0.29) is 0 Å². The van der Waals surface area contributed by atoms with Gasteiger partial charge in [0, 0.05) is 23.5 Å². The minimum absolute atomic E-state index is 0.506. The molecule has 1 aromatic heterocycles. The first-order valence-electron chi connectivity index (χ1n) is 5.23. The van der Waals surface area contributed by atoms with Gasteiger partial charge in [0.25, 0.3) is 0 Å². The summed E-state index contributed by atoms with van der Waals surface area (Å²) in [5.41, 5.74) is 0. The van der Waals surface area contributed by atoms with E-state index in [0.717, 1.165) is 0 Å². The maximum Gasteiger partial charge on any atom is 0.0388 e. The van der Waals surface area contributed by atoms with Crippen molar-refractivity contribution in [1.82, 2.24) is 10.2 Å². The lowest BCUT2D eigenvalue weighted by Gasteiger charge is -2.18. The maximum atomic E-state index is 3.68. The molecule has 14 heavy (non-hydrogen) atoms. The molecule has 0 aromatic carbocycles. The molecule has 1 fully saturated rings. The van der Waals surface area contributed by atoms with Crippen molar-refractivity contribution in [1.29, 1.82) is 0 Å². The van der Waals surface area contributed by atoms with Gasteiger partial charge in [0.05, 0.1) is 0 Å². The van der Waals surface area contributed by atoms with Crippen molar-refractivity contribution in [3.8, 4) is 0 Å². The Labute approximate surface area is 89.9 Å². The molecule has 1 aliphatic heterocycles. The topological polar surface area (TPSA) is 15.3 Å². The fraction of sp³-hybridized carbons (Fsp3) is 0.636. The molecule has 1 saturated heterocycles. The van der Waals surface area contributed by atoms with Gasteiger partial charge in [0.2, 0.25) is 0 Å². The van der Waals surface area contributed by atoms with E-state index in [1.807, 2.05) is 11.3 Å². The molecule has 0 amide bonds. The van der Waals surface area contributed by atoms with Crippen LogP contribution >= 0.6 is 11.3 Å². The van der Waals surface area contributed by atoms with E-state index in [0.29, 0.717) is 12.1 Å². The summed E-state index contributed by atoms with van der Waals surface area (Å²) in [6.07, 6.45) is 1.28. The van der Waals surface area contributed by atoms with E-state index in [2.05, 4.69) is 41.7 Å². The number of hydrogen-bond donors (Lipinski definition) is 1. The predicted molar refractivity (Wildman–Crippen MR) is 61.8 cm³/mol. The van der Waals surface area contributed by atoms with Gasteiger partial charge in [-0.1, -0.05) is 6.07 Å². The van der Waals surface area contributed by atoms with E-state index >= 15 is 0 Å². The minimum atomic E-state index is 0.506. The number of nitrogens with zero attached hydrogens (tertiary/aromatic N) is 1. The number of likely N-dealkylation sites (tertiary alicyclic amines) is 1. The Hall–Kier alpha value is -0.380. The van der Waals surface area contributed by atoms with Gasteiger partial charge in [0.1, 0.15) is 0 Å². The third-order valence-electron chi connectivity index (χ3n) is 2.85. The van der Waals surface area contributed by atoms with Gasteiger partial charge in [-0.25, -0.2) is 0 Å². The van der Waals surface area contributed by atoms with Crippen LogP contribution in [0.1, 0.15) is 24.3 Å². The van der Waals surface area contributed by atoms with Crippen LogP contribution in [-0.4, -0.2) is 31.1 Å². The van der Waals surface area contributed by atoms with Crippen molar-refractivity contribution in [3.63, 3.8) is 0 Å². The molecule has 1 unspecified atom stereocenters. The minimum Gasteiger partial charge on any atom is -0.305 e. The summed E-state index contributed by atoms with van der Waals surface area (Å²) < 4.78 is 0. The van der Waals surface area contributed by atoms with Gasteiger partial charge in [-0.2, -0.15) is 0 Å². The first-order chi connectivity index (χ1) is 6.75. The van der Waals surface area contributed by atoms with Gasteiger partial charge in [-0.15, -0.1) is 11.3 Å². The van der Waals surface area contributed by atoms with Crippen LogP contribution in [-0.2, 0) is 0 Å². The monoisotopic (exact) mass is 210 g/mol. The fourth-order valence-electron chi connectivity index (χ4n) is 2.04. The van der Waals surface area contributed by atoms with Crippen molar-refractivity contribution in [2.24, 2.45) is 0 Å². The smallest absolute Gasteiger partial charge is 0.0388 e. The van der Waals surface area contributed by atoms with Gasteiger partial charge in [0.15, 0.2) is 0 Å². The lowest BCUT2D eigenvalue weighted by atomic mass is 10.2.